The molecule has 1 aromatic carbocycles. The third-order valence-corrected chi connectivity index (χ3v) is 4.52. The third-order valence-electron chi connectivity index (χ3n) is 4.52. The smallest absolute Gasteiger partial charge is 0.161 e. The molecule has 1 unspecified atom stereocenters. The van der Waals surface area contributed by atoms with Crippen LogP contribution in [0, 0.1) is 0 Å². The molecule has 1 aliphatic heterocycles. The minimum Gasteiger partial charge on any atom is -0.489 e. The zero-order valence-corrected chi connectivity index (χ0v) is 15.3. The molecule has 142 valence electrons. The molecular formula is C21H21N5O2. The first-order valence-electron chi connectivity index (χ1n) is 9.01. The maximum absolute atomic E-state index is 5.95. The summed E-state index contributed by atoms with van der Waals surface area (Å²) in [6, 6.07) is 15.4. The summed E-state index contributed by atoms with van der Waals surface area (Å²) < 4.78 is 5.79. The Morgan fingerprint density at radius 2 is 1.89 bits per heavy atom. The second kappa shape index (κ2) is 7.96. The predicted molar refractivity (Wildman–Crippen MR) is 108 cm³/mol. The van der Waals surface area contributed by atoms with Crippen molar-refractivity contribution in [3.05, 3.63) is 77.6 Å². The van der Waals surface area contributed by atoms with Gasteiger partial charge in [-0.1, -0.05) is 23.4 Å². The van der Waals surface area contributed by atoms with Crippen LogP contribution in [0.4, 0.5) is 11.6 Å². The fourth-order valence-electron chi connectivity index (χ4n) is 3.06. The molecule has 0 amide bonds. The normalized spacial score (nSPS) is 15.7. The molecule has 3 heterocycles. The number of rotatable bonds is 6. The first kappa shape index (κ1) is 17.8. The Labute approximate surface area is 163 Å². The van der Waals surface area contributed by atoms with Gasteiger partial charge < -0.3 is 21.0 Å². The van der Waals surface area contributed by atoms with Gasteiger partial charge in [0.25, 0.3) is 0 Å². The van der Waals surface area contributed by atoms with Gasteiger partial charge in [0, 0.05) is 36.4 Å². The molecule has 1 aliphatic rings. The zero-order chi connectivity index (χ0) is 19.3. The van der Waals surface area contributed by atoms with Crippen LogP contribution in [0.5, 0.6) is 5.75 Å². The van der Waals surface area contributed by atoms with Crippen LogP contribution in [0.25, 0.3) is 0 Å². The lowest BCUT2D eigenvalue weighted by Crippen LogP contribution is -2.07. The second-order valence-corrected chi connectivity index (χ2v) is 6.64. The summed E-state index contributed by atoms with van der Waals surface area (Å²) in [6.45, 7) is 0.493. The average molecular weight is 375 g/mol. The molecule has 7 nitrogen and oxygen atoms in total. The molecule has 28 heavy (non-hydrogen) atoms. The number of hydrogen-bond donors (Lipinski definition) is 2. The molecule has 0 spiro atoms. The lowest BCUT2D eigenvalue weighted by atomic mass is 10.0. The van der Waals surface area contributed by atoms with Gasteiger partial charge in [0.2, 0.25) is 0 Å². The van der Waals surface area contributed by atoms with Crippen LogP contribution >= 0.6 is 0 Å². The van der Waals surface area contributed by atoms with Crippen molar-refractivity contribution in [3.63, 3.8) is 0 Å². The Bertz CT molecular complexity index is 974. The molecule has 3 aromatic rings. The van der Waals surface area contributed by atoms with Crippen molar-refractivity contribution in [1.29, 1.82) is 0 Å². The van der Waals surface area contributed by atoms with Gasteiger partial charge in [-0.25, -0.2) is 4.98 Å². The van der Waals surface area contributed by atoms with E-state index < -0.39 is 0 Å². The number of benzene rings is 1. The SMILES string of the molecule is Nc1ccc(C2CC(Cc3ccc(OCc4cccnc4)cc3)=NO2)c(N)n1. The zero-order valence-electron chi connectivity index (χ0n) is 15.3. The van der Waals surface area contributed by atoms with Crippen LogP contribution in [-0.2, 0) is 17.9 Å². The van der Waals surface area contributed by atoms with E-state index in [9.17, 15) is 0 Å². The summed E-state index contributed by atoms with van der Waals surface area (Å²) >= 11 is 0. The van der Waals surface area contributed by atoms with Gasteiger partial charge in [-0.2, -0.15) is 0 Å². The highest BCUT2D eigenvalue weighted by atomic mass is 16.6. The van der Waals surface area contributed by atoms with E-state index in [1.165, 1.54) is 0 Å². The number of nitrogens with zero attached hydrogens (tertiary/aromatic N) is 3. The minimum atomic E-state index is -0.217. The molecule has 4 N–H and O–H groups in total. The lowest BCUT2D eigenvalue weighted by Gasteiger charge is -2.11. The Hall–Kier alpha value is -3.61. The summed E-state index contributed by atoms with van der Waals surface area (Å²) in [4.78, 5) is 13.7. The van der Waals surface area contributed by atoms with Crippen molar-refractivity contribution in [3.8, 4) is 5.75 Å². The van der Waals surface area contributed by atoms with E-state index >= 15 is 0 Å². The molecule has 0 bridgehead atoms. The molecule has 0 saturated heterocycles. The summed E-state index contributed by atoms with van der Waals surface area (Å²) in [5.74, 6) is 1.60. The second-order valence-electron chi connectivity index (χ2n) is 6.64. The van der Waals surface area contributed by atoms with E-state index in [2.05, 4.69) is 15.1 Å². The predicted octanol–water partition coefficient (Wildman–Crippen LogP) is 3.28. The van der Waals surface area contributed by atoms with Gasteiger partial charge >= 0.3 is 0 Å². The van der Waals surface area contributed by atoms with E-state index in [4.69, 9.17) is 21.0 Å². The Kier molecular flexibility index (Phi) is 5.05. The van der Waals surface area contributed by atoms with E-state index in [0.717, 1.165) is 28.2 Å². The Morgan fingerprint density at radius 1 is 1.04 bits per heavy atom. The molecule has 7 heteroatoms. The summed E-state index contributed by atoms with van der Waals surface area (Å²) in [5.41, 5.74) is 15.5. The third kappa shape index (κ3) is 4.20. The largest absolute Gasteiger partial charge is 0.489 e. The first-order valence-corrected chi connectivity index (χ1v) is 9.01. The fourth-order valence-corrected chi connectivity index (χ4v) is 3.06. The van der Waals surface area contributed by atoms with Crippen molar-refractivity contribution < 1.29 is 9.57 Å². The number of oxime groups is 1. The van der Waals surface area contributed by atoms with E-state index in [1.54, 1.807) is 18.5 Å². The number of nitrogens with two attached hydrogens (primary N) is 2. The number of pyridine rings is 2. The maximum Gasteiger partial charge on any atom is 0.161 e. The number of hydrogen-bond acceptors (Lipinski definition) is 7. The van der Waals surface area contributed by atoms with Crippen LogP contribution in [0.3, 0.4) is 0 Å². The molecule has 1 atom stereocenters. The molecular weight excluding hydrogens is 354 g/mol. The molecule has 0 radical (unpaired) electrons. The van der Waals surface area contributed by atoms with Gasteiger partial charge in [0.05, 0.1) is 5.71 Å². The topological polar surface area (TPSA) is 109 Å². The highest BCUT2D eigenvalue weighted by molar-refractivity contribution is 5.87. The van der Waals surface area contributed by atoms with Crippen molar-refractivity contribution in [1.82, 2.24) is 9.97 Å². The molecule has 0 saturated carbocycles. The van der Waals surface area contributed by atoms with Crippen molar-refractivity contribution in [2.75, 3.05) is 11.5 Å². The van der Waals surface area contributed by atoms with Crippen molar-refractivity contribution in [2.24, 2.45) is 5.16 Å². The maximum atomic E-state index is 5.95. The number of aromatic nitrogens is 2. The Balaban J connectivity index is 1.32. The van der Waals surface area contributed by atoms with Crippen LogP contribution in [0.2, 0.25) is 0 Å². The quantitative estimate of drug-likeness (QED) is 0.684. The highest BCUT2D eigenvalue weighted by Crippen LogP contribution is 2.31. The summed E-state index contributed by atoms with van der Waals surface area (Å²) in [6.07, 6.45) is 4.71. The van der Waals surface area contributed by atoms with Crippen LogP contribution in [0.1, 0.15) is 29.2 Å². The van der Waals surface area contributed by atoms with Crippen LogP contribution in [0.15, 0.2) is 66.1 Å². The Morgan fingerprint density at radius 3 is 2.64 bits per heavy atom. The van der Waals surface area contributed by atoms with E-state index in [0.29, 0.717) is 31.1 Å². The molecule has 2 aromatic heterocycles. The monoisotopic (exact) mass is 375 g/mol. The number of nitrogen functional groups attached to an aromatic ring is 2. The van der Waals surface area contributed by atoms with E-state index in [1.807, 2.05) is 42.5 Å². The van der Waals surface area contributed by atoms with E-state index in [-0.39, 0.29) is 6.10 Å². The van der Waals surface area contributed by atoms with Crippen LogP contribution < -0.4 is 16.2 Å². The van der Waals surface area contributed by atoms with Gasteiger partial charge in [0.15, 0.2) is 6.10 Å². The molecule has 0 aliphatic carbocycles. The lowest BCUT2D eigenvalue weighted by molar-refractivity contribution is 0.0860. The van der Waals surface area contributed by atoms with Crippen LogP contribution in [-0.4, -0.2) is 15.7 Å². The number of ether oxygens (including phenoxy) is 1. The van der Waals surface area contributed by atoms with Crippen molar-refractivity contribution in [2.45, 2.75) is 25.6 Å². The van der Waals surface area contributed by atoms with Gasteiger partial charge in [-0.15, -0.1) is 0 Å². The average Bonchev–Trinajstić information content (AvgIpc) is 3.16. The first-order chi connectivity index (χ1) is 13.7. The molecule has 0 fully saturated rings. The van der Waals surface area contributed by atoms with Gasteiger partial charge in [0.1, 0.15) is 24.0 Å². The minimum absolute atomic E-state index is 0.217. The van der Waals surface area contributed by atoms with Gasteiger partial charge in [-0.3, -0.25) is 4.98 Å². The highest BCUT2D eigenvalue weighted by Gasteiger charge is 2.25. The van der Waals surface area contributed by atoms with Gasteiger partial charge in [-0.05, 0) is 35.9 Å². The standard InChI is InChI=1S/C21H21N5O2/c22-20-8-7-18(21(23)25-20)19-11-16(26-28-19)10-14-3-5-17(6-4-14)27-13-15-2-1-9-24-12-15/h1-9,12,19H,10-11,13H2,(H4,22,23,25). The summed E-state index contributed by atoms with van der Waals surface area (Å²) in [7, 11) is 0. The summed E-state index contributed by atoms with van der Waals surface area (Å²) in [5, 5.41) is 4.21. The van der Waals surface area contributed by atoms with Crippen molar-refractivity contribution >= 4 is 17.3 Å². The number of anilines is 2. The molecule has 4 rings (SSSR count). The fraction of sp³-hybridized carbons (Fsp3) is 0.190.